The molecular weight excluding hydrogens is 260 g/mol. The number of rotatable bonds is 5. The molecule has 0 aliphatic rings. The number of anilines is 1. The van der Waals surface area contributed by atoms with Crippen molar-refractivity contribution in [1.29, 1.82) is 0 Å². The zero-order valence-corrected chi connectivity index (χ0v) is 13.0. The maximum absolute atomic E-state index is 12.3. The van der Waals surface area contributed by atoms with Crippen LogP contribution in [0, 0.1) is 5.41 Å². The highest BCUT2D eigenvalue weighted by atomic mass is 32.2. The van der Waals surface area contributed by atoms with Gasteiger partial charge in [-0.15, -0.1) is 0 Å². The smallest absolute Gasteiger partial charge is 0.234 e. The van der Waals surface area contributed by atoms with Crippen LogP contribution in [-0.2, 0) is 16.6 Å². The summed E-state index contributed by atoms with van der Waals surface area (Å²) in [6.45, 7) is 6.44. The Morgan fingerprint density at radius 1 is 1.21 bits per heavy atom. The second kappa shape index (κ2) is 5.92. The fourth-order valence-electron chi connectivity index (χ4n) is 1.71. The Labute approximate surface area is 116 Å². The maximum atomic E-state index is 12.3. The lowest BCUT2D eigenvalue weighted by Crippen LogP contribution is -2.31. The van der Waals surface area contributed by atoms with Crippen molar-refractivity contribution in [2.45, 2.75) is 33.7 Å². The van der Waals surface area contributed by atoms with E-state index < -0.39 is 10.0 Å². The van der Waals surface area contributed by atoms with Crippen LogP contribution in [0.1, 0.15) is 32.8 Å². The van der Waals surface area contributed by atoms with Gasteiger partial charge in [0.1, 0.15) is 0 Å². The van der Waals surface area contributed by atoms with E-state index in [9.17, 15) is 8.42 Å². The molecule has 19 heavy (non-hydrogen) atoms. The number of sulfonamides is 1. The molecule has 0 amide bonds. The van der Waals surface area contributed by atoms with Crippen molar-refractivity contribution >= 4 is 15.7 Å². The van der Waals surface area contributed by atoms with Crippen LogP contribution < -0.4 is 10.0 Å². The van der Waals surface area contributed by atoms with Crippen LogP contribution >= 0.6 is 0 Å². The number of hydrogen-bond donors (Lipinski definition) is 1. The summed E-state index contributed by atoms with van der Waals surface area (Å²) in [6, 6.07) is 7.33. The predicted molar refractivity (Wildman–Crippen MR) is 80.6 cm³/mol. The summed E-state index contributed by atoms with van der Waals surface area (Å²) in [6.07, 6.45) is 0.629. The zero-order valence-electron chi connectivity index (χ0n) is 12.2. The van der Waals surface area contributed by atoms with Gasteiger partial charge in [0.25, 0.3) is 0 Å². The van der Waals surface area contributed by atoms with Gasteiger partial charge < -0.3 is 5.73 Å². The molecule has 2 N–H and O–H groups in total. The molecule has 0 spiro atoms. The molecule has 0 bridgehead atoms. The van der Waals surface area contributed by atoms with E-state index in [-0.39, 0.29) is 11.2 Å². The first-order chi connectivity index (χ1) is 8.67. The molecule has 0 unspecified atom stereocenters. The van der Waals surface area contributed by atoms with Gasteiger partial charge >= 0.3 is 0 Å². The van der Waals surface area contributed by atoms with Crippen molar-refractivity contribution in [3.63, 3.8) is 0 Å². The first-order valence-electron chi connectivity index (χ1n) is 6.42. The number of para-hydroxylation sites is 1. The van der Waals surface area contributed by atoms with Crippen LogP contribution in [-0.4, -0.2) is 21.2 Å². The molecule has 0 fully saturated rings. The van der Waals surface area contributed by atoms with Gasteiger partial charge in [-0.05, 0) is 23.5 Å². The fraction of sp³-hybridized carbons (Fsp3) is 0.571. The maximum Gasteiger partial charge on any atom is 0.234 e. The molecule has 0 saturated carbocycles. The number of hydrogen-bond acceptors (Lipinski definition) is 3. The monoisotopic (exact) mass is 284 g/mol. The third kappa shape index (κ3) is 4.51. The number of nitrogens with zero attached hydrogens (tertiary/aromatic N) is 1. The molecule has 1 aromatic rings. The Kier molecular flexibility index (Phi) is 4.98. The standard InChI is InChI=1S/C14H24N2O2S/c1-14(2,3)9-10-19(17,18)16(4)13-8-6-5-7-12(13)11-15/h5-8H,9-11,15H2,1-4H3. The minimum absolute atomic E-state index is 0.00128. The average Bonchev–Trinajstić information content (AvgIpc) is 2.35. The van der Waals surface area contributed by atoms with Gasteiger partial charge in [-0.1, -0.05) is 39.0 Å². The van der Waals surface area contributed by atoms with E-state index >= 15 is 0 Å². The van der Waals surface area contributed by atoms with E-state index in [1.165, 1.54) is 4.31 Å². The van der Waals surface area contributed by atoms with E-state index in [1.807, 2.05) is 39.0 Å². The second-order valence-corrected chi connectivity index (χ2v) is 8.05. The number of nitrogens with two attached hydrogens (primary N) is 1. The molecule has 0 aliphatic heterocycles. The summed E-state index contributed by atoms with van der Waals surface area (Å²) in [5.41, 5.74) is 7.16. The van der Waals surface area contributed by atoms with Gasteiger partial charge in [0.05, 0.1) is 11.4 Å². The normalized spacial score (nSPS) is 12.5. The lowest BCUT2D eigenvalue weighted by Gasteiger charge is -2.24. The van der Waals surface area contributed by atoms with E-state index in [0.717, 1.165) is 5.56 Å². The Hall–Kier alpha value is -1.07. The molecule has 108 valence electrons. The topological polar surface area (TPSA) is 63.4 Å². The van der Waals surface area contributed by atoms with Gasteiger partial charge in [0.15, 0.2) is 0 Å². The third-order valence-electron chi connectivity index (χ3n) is 3.08. The molecule has 5 heteroatoms. The van der Waals surface area contributed by atoms with Gasteiger partial charge in [0, 0.05) is 13.6 Å². The van der Waals surface area contributed by atoms with Crippen molar-refractivity contribution in [3.05, 3.63) is 29.8 Å². The second-order valence-electron chi connectivity index (χ2n) is 5.93. The summed E-state index contributed by atoms with van der Waals surface area (Å²) in [7, 11) is -1.71. The minimum atomic E-state index is -3.30. The SMILES string of the molecule is CN(c1ccccc1CN)S(=O)(=O)CCC(C)(C)C. The van der Waals surface area contributed by atoms with Crippen LogP contribution in [0.4, 0.5) is 5.69 Å². The first-order valence-corrected chi connectivity index (χ1v) is 8.03. The van der Waals surface area contributed by atoms with Crippen molar-refractivity contribution in [3.8, 4) is 0 Å². The highest BCUT2D eigenvalue weighted by Gasteiger charge is 2.23. The molecule has 0 heterocycles. The molecule has 0 radical (unpaired) electrons. The molecular formula is C14H24N2O2S. The Balaban J connectivity index is 2.95. The van der Waals surface area contributed by atoms with Crippen molar-refractivity contribution in [1.82, 2.24) is 0 Å². The molecule has 0 atom stereocenters. The summed E-state index contributed by atoms with van der Waals surface area (Å²) < 4.78 is 26.0. The summed E-state index contributed by atoms with van der Waals surface area (Å²) >= 11 is 0. The summed E-state index contributed by atoms with van der Waals surface area (Å²) in [5.74, 6) is 0.145. The first kappa shape index (κ1) is 16.0. The van der Waals surface area contributed by atoms with E-state index in [1.54, 1.807) is 13.1 Å². The summed E-state index contributed by atoms with van der Waals surface area (Å²) in [4.78, 5) is 0. The minimum Gasteiger partial charge on any atom is -0.326 e. The highest BCUT2D eigenvalue weighted by molar-refractivity contribution is 7.92. The average molecular weight is 284 g/mol. The van der Waals surface area contributed by atoms with Crippen LogP contribution in [0.25, 0.3) is 0 Å². The van der Waals surface area contributed by atoms with E-state index in [0.29, 0.717) is 18.7 Å². The summed E-state index contributed by atoms with van der Waals surface area (Å²) in [5, 5.41) is 0. The molecule has 0 aromatic heterocycles. The Morgan fingerprint density at radius 3 is 2.32 bits per heavy atom. The van der Waals surface area contributed by atoms with Crippen molar-refractivity contribution in [2.24, 2.45) is 11.1 Å². The van der Waals surface area contributed by atoms with Gasteiger partial charge in [0.2, 0.25) is 10.0 Å². The zero-order chi connectivity index (χ0) is 14.7. The lowest BCUT2D eigenvalue weighted by molar-refractivity contribution is 0.397. The van der Waals surface area contributed by atoms with E-state index in [2.05, 4.69) is 0 Å². The van der Waals surface area contributed by atoms with Crippen LogP contribution in [0.3, 0.4) is 0 Å². The van der Waals surface area contributed by atoms with Gasteiger partial charge in [-0.3, -0.25) is 4.31 Å². The molecule has 1 aromatic carbocycles. The molecule has 0 saturated heterocycles. The van der Waals surface area contributed by atoms with Crippen LogP contribution in [0.5, 0.6) is 0 Å². The highest BCUT2D eigenvalue weighted by Crippen LogP contribution is 2.24. The molecule has 0 aliphatic carbocycles. The molecule has 4 nitrogen and oxygen atoms in total. The number of benzene rings is 1. The van der Waals surface area contributed by atoms with Crippen molar-refractivity contribution in [2.75, 3.05) is 17.1 Å². The molecule has 1 rings (SSSR count). The Bertz CT molecular complexity index is 518. The largest absolute Gasteiger partial charge is 0.326 e. The predicted octanol–water partition coefficient (Wildman–Crippen LogP) is 2.35. The Morgan fingerprint density at radius 2 is 1.79 bits per heavy atom. The van der Waals surface area contributed by atoms with Gasteiger partial charge in [-0.25, -0.2) is 8.42 Å². The van der Waals surface area contributed by atoms with Crippen LogP contribution in [0.15, 0.2) is 24.3 Å². The van der Waals surface area contributed by atoms with Gasteiger partial charge in [-0.2, -0.15) is 0 Å². The quantitative estimate of drug-likeness (QED) is 0.902. The lowest BCUT2D eigenvalue weighted by atomic mass is 9.94. The van der Waals surface area contributed by atoms with Crippen molar-refractivity contribution < 1.29 is 8.42 Å². The van der Waals surface area contributed by atoms with Crippen LogP contribution in [0.2, 0.25) is 0 Å². The van der Waals surface area contributed by atoms with E-state index in [4.69, 9.17) is 5.73 Å². The third-order valence-corrected chi connectivity index (χ3v) is 4.83. The fourth-order valence-corrected chi connectivity index (χ4v) is 3.33.